The van der Waals surface area contributed by atoms with Gasteiger partial charge in [0.05, 0.1) is 10.9 Å². The van der Waals surface area contributed by atoms with Crippen molar-refractivity contribution in [2.75, 3.05) is 40.3 Å². The van der Waals surface area contributed by atoms with Crippen molar-refractivity contribution in [3.8, 4) is 5.75 Å². The highest BCUT2D eigenvalue weighted by Gasteiger charge is 2.11. The zero-order chi connectivity index (χ0) is 20.4. The number of rotatable bonds is 10. The SMILES string of the molecule is CCNC(=NCc1ccccc1OCCN(C)C)NCC(O)c1ccc(Cl)s1.I. The summed E-state index contributed by atoms with van der Waals surface area (Å²) < 4.78 is 6.56. The topological polar surface area (TPSA) is 69.1 Å². The molecule has 0 saturated heterocycles. The van der Waals surface area contributed by atoms with Gasteiger partial charge in [0.2, 0.25) is 0 Å². The molecule has 6 nitrogen and oxygen atoms in total. The van der Waals surface area contributed by atoms with Gasteiger partial charge in [0.15, 0.2) is 5.96 Å². The number of aliphatic imine (C=N–C) groups is 1. The monoisotopic (exact) mass is 552 g/mol. The van der Waals surface area contributed by atoms with Crippen molar-refractivity contribution < 1.29 is 9.84 Å². The van der Waals surface area contributed by atoms with Gasteiger partial charge in [-0.15, -0.1) is 35.3 Å². The fraction of sp³-hybridized carbons (Fsp3) is 0.450. The largest absolute Gasteiger partial charge is 0.492 e. The molecule has 1 atom stereocenters. The van der Waals surface area contributed by atoms with Crippen molar-refractivity contribution in [2.24, 2.45) is 4.99 Å². The van der Waals surface area contributed by atoms with Crippen LogP contribution in [0.25, 0.3) is 0 Å². The lowest BCUT2D eigenvalue weighted by Gasteiger charge is -2.15. The first-order valence-electron chi connectivity index (χ1n) is 9.30. The van der Waals surface area contributed by atoms with Crippen LogP contribution in [-0.4, -0.2) is 56.3 Å². The number of benzene rings is 1. The summed E-state index contributed by atoms with van der Waals surface area (Å²) in [5, 5.41) is 16.7. The summed E-state index contributed by atoms with van der Waals surface area (Å²) in [6.07, 6.45) is -0.636. The van der Waals surface area contributed by atoms with E-state index in [-0.39, 0.29) is 24.0 Å². The first kappa shape index (κ1) is 26.0. The van der Waals surface area contributed by atoms with Crippen LogP contribution in [0.3, 0.4) is 0 Å². The number of aliphatic hydroxyl groups excluding tert-OH is 1. The molecule has 0 aliphatic heterocycles. The Morgan fingerprint density at radius 1 is 1.24 bits per heavy atom. The lowest BCUT2D eigenvalue weighted by atomic mass is 10.2. The second kappa shape index (κ2) is 14.0. The lowest BCUT2D eigenvalue weighted by molar-refractivity contribution is 0.184. The molecule has 29 heavy (non-hydrogen) atoms. The van der Waals surface area contributed by atoms with Crippen LogP contribution in [0, 0.1) is 0 Å². The van der Waals surface area contributed by atoms with Gasteiger partial charge in [0.25, 0.3) is 0 Å². The number of halogens is 2. The Kier molecular flexibility index (Phi) is 12.6. The number of aliphatic hydroxyl groups is 1. The maximum absolute atomic E-state index is 10.3. The maximum Gasteiger partial charge on any atom is 0.191 e. The van der Waals surface area contributed by atoms with E-state index in [0.29, 0.717) is 30.0 Å². The van der Waals surface area contributed by atoms with Crippen molar-refractivity contribution in [3.63, 3.8) is 0 Å². The Hall–Kier alpha value is -1.07. The highest BCUT2D eigenvalue weighted by atomic mass is 127. The number of hydrogen-bond acceptors (Lipinski definition) is 5. The summed E-state index contributed by atoms with van der Waals surface area (Å²) in [5.74, 6) is 1.49. The zero-order valence-corrected chi connectivity index (χ0v) is 20.9. The fourth-order valence-electron chi connectivity index (χ4n) is 2.42. The fourth-order valence-corrected chi connectivity index (χ4v) is 3.47. The van der Waals surface area contributed by atoms with Crippen molar-refractivity contribution in [3.05, 3.63) is 51.2 Å². The second-order valence-corrected chi connectivity index (χ2v) is 8.24. The Balaban J connectivity index is 0.00000420. The van der Waals surface area contributed by atoms with E-state index in [0.717, 1.165) is 29.3 Å². The van der Waals surface area contributed by atoms with Crippen molar-refractivity contribution in [2.45, 2.75) is 19.6 Å². The van der Waals surface area contributed by atoms with Gasteiger partial charge in [-0.3, -0.25) is 0 Å². The van der Waals surface area contributed by atoms with E-state index in [4.69, 9.17) is 16.3 Å². The third kappa shape index (κ3) is 9.52. The Bertz CT molecular complexity index is 758. The van der Waals surface area contributed by atoms with E-state index in [2.05, 4.69) is 20.5 Å². The smallest absolute Gasteiger partial charge is 0.191 e. The van der Waals surface area contributed by atoms with Crippen LogP contribution in [0.15, 0.2) is 41.4 Å². The Morgan fingerprint density at radius 2 is 2.00 bits per heavy atom. The molecule has 0 radical (unpaired) electrons. The summed E-state index contributed by atoms with van der Waals surface area (Å²) in [4.78, 5) is 7.54. The van der Waals surface area contributed by atoms with Gasteiger partial charge >= 0.3 is 0 Å². The molecule has 1 aromatic heterocycles. The summed E-state index contributed by atoms with van der Waals surface area (Å²) in [5.41, 5.74) is 1.02. The van der Waals surface area contributed by atoms with Gasteiger partial charge in [-0.1, -0.05) is 29.8 Å². The number of thiophene rings is 1. The summed E-state index contributed by atoms with van der Waals surface area (Å²) in [6, 6.07) is 11.5. The highest BCUT2D eigenvalue weighted by molar-refractivity contribution is 14.0. The normalized spacial score (nSPS) is 12.4. The number of ether oxygens (including phenoxy) is 1. The summed E-state index contributed by atoms with van der Waals surface area (Å²) in [6.45, 7) is 5.05. The average molecular weight is 553 g/mol. The minimum Gasteiger partial charge on any atom is -0.492 e. The van der Waals surface area contributed by atoms with Crippen LogP contribution in [0.1, 0.15) is 23.5 Å². The van der Waals surface area contributed by atoms with E-state index in [1.165, 1.54) is 11.3 Å². The standard InChI is InChI=1S/C20H29ClN4O2S.HI/c1-4-22-20(24-14-16(26)18-9-10-19(21)28-18)23-13-15-7-5-6-8-17(15)27-12-11-25(2)3;/h5-10,16,26H,4,11-14H2,1-3H3,(H2,22,23,24);1H. The molecule has 162 valence electrons. The van der Waals surface area contributed by atoms with Crippen LogP contribution in [0.2, 0.25) is 4.34 Å². The molecular formula is C20H30ClIN4O2S. The van der Waals surface area contributed by atoms with Crippen LogP contribution < -0.4 is 15.4 Å². The lowest BCUT2D eigenvalue weighted by Crippen LogP contribution is -2.39. The number of likely N-dealkylation sites (N-methyl/N-ethyl adjacent to an activating group) is 1. The molecule has 1 unspecified atom stereocenters. The molecule has 9 heteroatoms. The van der Waals surface area contributed by atoms with Gasteiger partial charge in [-0.2, -0.15) is 0 Å². The van der Waals surface area contributed by atoms with Crippen molar-refractivity contribution in [1.29, 1.82) is 0 Å². The Morgan fingerprint density at radius 3 is 2.66 bits per heavy atom. The third-order valence-corrected chi connectivity index (χ3v) is 5.24. The minimum absolute atomic E-state index is 0. The molecule has 2 rings (SSSR count). The second-order valence-electron chi connectivity index (χ2n) is 6.49. The zero-order valence-electron chi connectivity index (χ0n) is 17.0. The summed E-state index contributed by atoms with van der Waals surface area (Å²) >= 11 is 7.32. The molecule has 0 amide bonds. The molecule has 3 N–H and O–H groups in total. The van der Waals surface area contributed by atoms with E-state index >= 15 is 0 Å². The van der Waals surface area contributed by atoms with E-state index in [9.17, 15) is 5.11 Å². The quantitative estimate of drug-likeness (QED) is 0.238. The molecule has 0 fully saturated rings. The van der Waals surface area contributed by atoms with Crippen LogP contribution in [0.5, 0.6) is 5.75 Å². The summed E-state index contributed by atoms with van der Waals surface area (Å²) in [7, 11) is 4.04. The van der Waals surface area contributed by atoms with Crippen LogP contribution >= 0.6 is 46.9 Å². The predicted octanol–water partition coefficient (Wildman–Crippen LogP) is 3.75. The number of hydrogen-bond donors (Lipinski definition) is 3. The van der Waals surface area contributed by atoms with E-state index in [1.807, 2.05) is 51.4 Å². The maximum atomic E-state index is 10.3. The molecule has 2 aromatic rings. The molecule has 1 heterocycles. The molecule has 0 bridgehead atoms. The molecule has 0 spiro atoms. The molecule has 0 saturated carbocycles. The third-order valence-electron chi connectivity index (χ3n) is 3.91. The van der Waals surface area contributed by atoms with Gasteiger partial charge in [-0.05, 0) is 39.2 Å². The molecule has 0 aliphatic carbocycles. The van der Waals surface area contributed by atoms with Crippen molar-refractivity contribution >= 4 is 52.9 Å². The van der Waals surface area contributed by atoms with Gasteiger partial charge < -0.3 is 25.4 Å². The highest BCUT2D eigenvalue weighted by Crippen LogP contribution is 2.26. The van der Waals surface area contributed by atoms with E-state index in [1.54, 1.807) is 6.07 Å². The Labute approximate surface area is 199 Å². The number of guanidine groups is 1. The number of para-hydroxylation sites is 1. The van der Waals surface area contributed by atoms with Gasteiger partial charge in [-0.25, -0.2) is 4.99 Å². The minimum atomic E-state index is -0.636. The number of nitrogens with zero attached hydrogens (tertiary/aromatic N) is 2. The van der Waals surface area contributed by atoms with Gasteiger partial charge in [0.1, 0.15) is 18.5 Å². The molecule has 0 aliphatic rings. The van der Waals surface area contributed by atoms with Crippen molar-refractivity contribution in [1.82, 2.24) is 15.5 Å². The van der Waals surface area contributed by atoms with Crippen LogP contribution in [0.4, 0.5) is 0 Å². The molecule has 1 aromatic carbocycles. The first-order chi connectivity index (χ1) is 13.5. The first-order valence-corrected chi connectivity index (χ1v) is 10.5. The number of nitrogens with one attached hydrogen (secondary N) is 2. The molecular weight excluding hydrogens is 523 g/mol. The predicted molar refractivity (Wildman–Crippen MR) is 133 cm³/mol. The van der Waals surface area contributed by atoms with Crippen LogP contribution in [-0.2, 0) is 6.54 Å². The van der Waals surface area contributed by atoms with Gasteiger partial charge in [0, 0.05) is 30.1 Å². The van der Waals surface area contributed by atoms with E-state index < -0.39 is 6.10 Å². The average Bonchev–Trinajstić information content (AvgIpc) is 3.11.